The van der Waals surface area contributed by atoms with Crippen LogP contribution in [0, 0.1) is 0 Å². The predicted molar refractivity (Wildman–Crippen MR) is 263 cm³/mol. The van der Waals surface area contributed by atoms with Gasteiger partial charge >= 0.3 is 0 Å². The molecule has 0 N–H and O–H groups in total. The number of nitrogens with zero attached hydrogens (tertiary/aromatic N) is 4. The standard InChI is InChI=1S/C58H34N4O/c1-5-17-41-37(13-1)39-15-3-7-19-43(39)51-25-11-31-59-57(51)61-53-33-35(27-29-45(53)49-23-9-21-47(41)55(49)61)63-36-28-30-46-50-24-10-22-48-42-18-6-2-14-38(42)40-16-4-8-20-44(40)52-26-12-32-60-58(52)62(56(48)50)54(46)34-36/h1-34H. The first-order valence-electron chi connectivity index (χ1n) is 21.4. The summed E-state index contributed by atoms with van der Waals surface area (Å²) >= 11 is 0. The molecule has 8 aromatic carbocycles. The zero-order valence-corrected chi connectivity index (χ0v) is 33.8. The Balaban J connectivity index is 1.07. The van der Waals surface area contributed by atoms with E-state index in [0.717, 1.165) is 87.9 Å². The summed E-state index contributed by atoms with van der Waals surface area (Å²) in [6.45, 7) is 0. The molecule has 0 amide bonds. The van der Waals surface area contributed by atoms with Crippen LogP contribution < -0.4 is 4.74 Å². The van der Waals surface area contributed by atoms with E-state index in [4.69, 9.17) is 14.7 Å². The lowest BCUT2D eigenvalue weighted by atomic mass is 10.0. The predicted octanol–water partition coefficient (Wildman–Crippen LogP) is 15.4. The van der Waals surface area contributed by atoms with Gasteiger partial charge in [-0.1, -0.05) is 133 Å². The Hall–Kier alpha value is -8.54. The molecule has 0 bridgehead atoms. The highest BCUT2D eigenvalue weighted by Gasteiger charge is 2.19. The highest BCUT2D eigenvalue weighted by molar-refractivity contribution is 6.26. The number of fused-ring (bicyclic) bond motifs is 20. The van der Waals surface area contributed by atoms with Crippen molar-refractivity contribution >= 4 is 120 Å². The summed E-state index contributed by atoms with van der Waals surface area (Å²) in [4.78, 5) is 10.3. The van der Waals surface area contributed by atoms with Crippen molar-refractivity contribution < 1.29 is 4.74 Å². The average Bonchev–Trinajstić information content (AvgIpc) is 3.87. The Morgan fingerprint density at radius 1 is 0.270 bits per heavy atom. The lowest BCUT2D eigenvalue weighted by molar-refractivity contribution is 0.484. The van der Waals surface area contributed by atoms with Crippen LogP contribution in [0.2, 0.25) is 0 Å². The molecule has 14 aromatic rings. The third-order valence-corrected chi connectivity index (χ3v) is 13.2. The molecule has 0 atom stereocenters. The molecule has 0 saturated heterocycles. The highest BCUT2D eigenvalue weighted by atomic mass is 16.5. The Morgan fingerprint density at radius 3 is 0.952 bits per heavy atom. The van der Waals surface area contributed by atoms with Crippen molar-refractivity contribution in [3.8, 4) is 11.5 Å². The van der Waals surface area contributed by atoms with Crippen LogP contribution in [-0.2, 0) is 0 Å². The van der Waals surface area contributed by atoms with Gasteiger partial charge in [-0.25, -0.2) is 9.97 Å². The average molecular weight is 803 g/mol. The Bertz CT molecular complexity index is 4090. The number of hydrogen-bond acceptors (Lipinski definition) is 3. The van der Waals surface area contributed by atoms with Gasteiger partial charge in [-0.05, 0) is 91.6 Å². The van der Waals surface area contributed by atoms with E-state index in [-0.39, 0.29) is 0 Å². The molecule has 292 valence electrons. The Morgan fingerprint density at radius 2 is 0.571 bits per heavy atom. The van der Waals surface area contributed by atoms with Crippen LogP contribution in [-0.4, -0.2) is 18.8 Å². The lowest BCUT2D eigenvalue weighted by Crippen LogP contribution is -1.91. The Kier molecular flexibility index (Phi) is 7.05. The molecule has 0 saturated carbocycles. The summed E-state index contributed by atoms with van der Waals surface area (Å²) in [7, 11) is 0. The molecule has 0 spiro atoms. The van der Waals surface area contributed by atoms with Crippen molar-refractivity contribution in [1.29, 1.82) is 0 Å². The number of para-hydroxylation sites is 2. The van der Waals surface area contributed by atoms with Crippen molar-refractivity contribution in [2.75, 3.05) is 0 Å². The van der Waals surface area contributed by atoms with Crippen LogP contribution in [0.1, 0.15) is 0 Å². The van der Waals surface area contributed by atoms with Crippen molar-refractivity contribution in [2.45, 2.75) is 0 Å². The molecule has 5 nitrogen and oxygen atoms in total. The van der Waals surface area contributed by atoms with Gasteiger partial charge < -0.3 is 4.74 Å². The number of hydrogen-bond donors (Lipinski definition) is 0. The van der Waals surface area contributed by atoms with Gasteiger partial charge in [0.15, 0.2) is 0 Å². The van der Waals surface area contributed by atoms with Gasteiger partial charge in [0.25, 0.3) is 0 Å². The zero-order chi connectivity index (χ0) is 41.2. The summed E-state index contributed by atoms with van der Waals surface area (Å²) in [6.07, 6.45) is 3.80. The molecule has 0 aliphatic carbocycles. The first kappa shape index (κ1) is 34.2. The van der Waals surface area contributed by atoms with E-state index < -0.39 is 0 Å². The molecular weight excluding hydrogens is 769 g/mol. The van der Waals surface area contributed by atoms with Crippen LogP contribution in [0.25, 0.3) is 120 Å². The van der Waals surface area contributed by atoms with E-state index in [0.29, 0.717) is 0 Å². The summed E-state index contributed by atoms with van der Waals surface area (Å²) in [5.41, 5.74) is 6.07. The molecule has 6 heterocycles. The molecule has 0 unspecified atom stereocenters. The van der Waals surface area contributed by atoms with Gasteiger partial charge in [0, 0.05) is 67.6 Å². The summed E-state index contributed by atoms with van der Waals surface area (Å²) in [5, 5.41) is 18.5. The number of benzene rings is 8. The second-order valence-electron chi connectivity index (χ2n) is 16.5. The largest absolute Gasteiger partial charge is 0.457 e. The molecule has 63 heavy (non-hydrogen) atoms. The van der Waals surface area contributed by atoms with E-state index in [1.54, 1.807) is 0 Å². The molecule has 0 aliphatic rings. The van der Waals surface area contributed by atoms with Crippen molar-refractivity contribution in [3.05, 3.63) is 207 Å². The van der Waals surface area contributed by atoms with E-state index in [2.05, 4.69) is 191 Å². The fraction of sp³-hybridized carbons (Fsp3) is 0. The summed E-state index contributed by atoms with van der Waals surface area (Å²) in [6, 6.07) is 69.6. The quantitative estimate of drug-likeness (QED) is 0.175. The normalized spacial score (nSPS) is 12.1. The minimum atomic E-state index is 0.739. The molecule has 5 heteroatoms. The SMILES string of the molecule is c1ccc2c(c1)c1ccccc1c1cccc3c4ccc(Oc5ccc6c7cccc8c9ccccc9c9ccccc9c9cccnc9n(c6c5)c87)cc4n(c4ncccc24)c13. The lowest BCUT2D eigenvalue weighted by Gasteiger charge is -2.08. The van der Waals surface area contributed by atoms with Crippen LogP contribution >= 0.6 is 0 Å². The van der Waals surface area contributed by atoms with Crippen molar-refractivity contribution in [1.82, 2.24) is 18.8 Å². The van der Waals surface area contributed by atoms with Gasteiger partial charge in [-0.3, -0.25) is 8.80 Å². The molecule has 0 aliphatic heterocycles. The van der Waals surface area contributed by atoms with Gasteiger partial charge in [0.1, 0.15) is 22.8 Å². The maximum absolute atomic E-state index is 6.98. The van der Waals surface area contributed by atoms with Crippen LogP contribution in [0.15, 0.2) is 207 Å². The van der Waals surface area contributed by atoms with Gasteiger partial charge in [0.2, 0.25) is 0 Å². The van der Waals surface area contributed by atoms with Crippen LogP contribution in [0.3, 0.4) is 0 Å². The molecule has 0 radical (unpaired) electrons. The maximum atomic E-state index is 6.98. The van der Waals surface area contributed by atoms with Crippen molar-refractivity contribution in [2.24, 2.45) is 0 Å². The second-order valence-corrected chi connectivity index (χ2v) is 16.5. The molecular formula is C58H34N4O. The summed E-state index contributed by atoms with van der Waals surface area (Å²) < 4.78 is 11.7. The third kappa shape index (κ3) is 4.82. The number of rotatable bonds is 2. The van der Waals surface area contributed by atoms with Crippen LogP contribution in [0.4, 0.5) is 0 Å². The molecule has 6 aromatic heterocycles. The smallest absolute Gasteiger partial charge is 0.145 e. The second kappa shape index (κ2) is 13.0. The zero-order valence-electron chi connectivity index (χ0n) is 33.8. The highest BCUT2D eigenvalue weighted by Crippen LogP contribution is 2.42. The minimum absolute atomic E-state index is 0.739. The van der Waals surface area contributed by atoms with Gasteiger partial charge in [-0.15, -0.1) is 0 Å². The monoisotopic (exact) mass is 802 g/mol. The summed E-state index contributed by atoms with van der Waals surface area (Å²) in [5.74, 6) is 1.48. The van der Waals surface area contributed by atoms with E-state index in [1.165, 1.54) is 43.1 Å². The van der Waals surface area contributed by atoms with Gasteiger partial charge in [-0.2, -0.15) is 0 Å². The molecule has 0 fully saturated rings. The maximum Gasteiger partial charge on any atom is 0.145 e. The van der Waals surface area contributed by atoms with E-state index >= 15 is 0 Å². The first-order valence-corrected chi connectivity index (χ1v) is 21.4. The fourth-order valence-corrected chi connectivity index (χ4v) is 10.6. The minimum Gasteiger partial charge on any atom is -0.457 e. The third-order valence-electron chi connectivity index (χ3n) is 13.2. The molecule has 14 rings (SSSR count). The fourth-order valence-electron chi connectivity index (χ4n) is 10.6. The van der Waals surface area contributed by atoms with Gasteiger partial charge in [0.05, 0.1) is 22.1 Å². The number of aromatic nitrogens is 4. The first-order chi connectivity index (χ1) is 31.3. The van der Waals surface area contributed by atoms with Crippen molar-refractivity contribution in [3.63, 3.8) is 0 Å². The van der Waals surface area contributed by atoms with E-state index in [1.807, 2.05) is 24.5 Å². The van der Waals surface area contributed by atoms with Crippen LogP contribution in [0.5, 0.6) is 11.5 Å². The number of pyridine rings is 2. The van der Waals surface area contributed by atoms with E-state index in [9.17, 15) is 0 Å². The topological polar surface area (TPSA) is 43.8 Å². The Labute approximate surface area is 359 Å². The number of ether oxygens (including phenoxy) is 1.